The highest BCUT2D eigenvalue weighted by atomic mass is 16.5. The van der Waals surface area contributed by atoms with E-state index in [1.54, 1.807) is 0 Å². The van der Waals surface area contributed by atoms with Gasteiger partial charge in [0.25, 0.3) is 0 Å². The molecule has 2 heterocycles. The molecular formula is C17H14N2O3. The Labute approximate surface area is 126 Å². The number of oxazole rings is 1. The van der Waals surface area contributed by atoms with Crippen molar-refractivity contribution < 1.29 is 13.9 Å². The topological polar surface area (TPSA) is 64.4 Å². The largest absolute Gasteiger partial charge is 0.440 e. The SMILES string of the molecule is CNc1ccc2c(c1)OC(=O)C(c1nc3ccccc3o1)C2. The van der Waals surface area contributed by atoms with Crippen LogP contribution in [0.4, 0.5) is 5.69 Å². The maximum Gasteiger partial charge on any atom is 0.324 e. The average molecular weight is 294 g/mol. The molecule has 0 spiro atoms. The van der Waals surface area contributed by atoms with Crippen molar-refractivity contribution in [2.75, 3.05) is 12.4 Å². The predicted octanol–water partition coefficient (Wildman–Crippen LogP) is 3.11. The van der Waals surface area contributed by atoms with Crippen LogP contribution in [0.5, 0.6) is 5.75 Å². The minimum absolute atomic E-state index is 0.327. The Hall–Kier alpha value is -2.82. The third-order valence-corrected chi connectivity index (χ3v) is 3.88. The third-order valence-electron chi connectivity index (χ3n) is 3.88. The van der Waals surface area contributed by atoms with Crippen LogP contribution in [0.1, 0.15) is 17.4 Å². The number of esters is 1. The van der Waals surface area contributed by atoms with Crippen molar-refractivity contribution in [2.45, 2.75) is 12.3 Å². The molecule has 2 aromatic carbocycles. The summed E-state index contributed by atoms with van der Waals surface area (Å²) in [4.78, 5) is 16.7. The van der Waals surface area contributed by atoms with Gasteiger partial charge in [-0.05, 0) is 30.2 Å². The minimum Gasteiger partial charge on any atom is -0.440 e. The van der Waals surface area contributed by atoms with Gasteiger partial charge in [0.2, 0.25) is 5.89 Å². The van der Waals surface area contributed by atoms with Gasteiger partial charge in [-0.15, -0.1) is 0 Å². The highest BCUT2D eigenvalue weighted by molar-refractivity contribution is 5.83. The lowest BCUT2D eigenvalue weighted by molar-refractivity contribution is -0.137. The first-order valence-corrected chi connectivity index (χ1v) is 7.12. The average Bonchev–Trinajstić information content (AvgIpc) is 2.97. The molecule has 1 atom stereocenters. The smallest absolute Gasteiger partial charge is 0.324 e. The van der Waals surface area contributed by atoms with Crippen LogP contribution in [-0.4, -0.2) is 18.0 Å². The van der Waals surface area contributed by atoms with Gasteiger partial charge in [0, 0.05) is 18.8 Å². The molecule has 0 fully saturated rings. The Morgan fingerprint density at radius 1 is 1.23 bits per heavy atom. The summed E-state index contributed by atoms with van der Waals surface area (Å²) in [7, 11) is 1.83. The molecule has 0 amide bonds. The first-order valence-electron chi connectivity index (χ1n) is 7.12. The van der Waals surface area contributed by atoms with Crippen LogP contribution in [0.3, 0.4) is 0 Å². The fraction of sp³-hybridized carbons (Fsp3) is 0.176. The quantitative estimate of drug-likeness (QED) is 0.581. The van der Waals surface area contributed by atoms with E-state index in [0.717, 1.165) is 16.8 Å². The lowest BCUT2D eigenvalue weighted by Crippen LogP contribution is -2.26. The van der Waals surface area contributed by atoms with E-state index in [0.29, 0.717) is 23.6 Å². The number of rotatable bonds is 2. The summed E-state index contributed by atoms with van der Waals surface area (Å²) in [5.74, 6) is 0.186. The molecule has 110 valence electrons. The molecular weight excluding hydrogens is 280 g/mol. The number of aromatic nitrogens is 1. The van der Waals surface area contributed by atoms with Gasteiger partial charge in [-0.1, -0.05) is 18.2 Å². The molecule has 0 saturated heterocycles. The Bertz CT molecular complexity index is 836. The van der Waals surface area contributed by atoms with Crippen molar-refractivity contribution in [3.05, 3.63) is 53.9 Å². The van der Waals surface area contributed by atoms with Crippen molar-refractivity contribution in [3.8, 4) is 5.75 Å². The Morgan fingerprint density at radius 2 is 2.09 bits per heavy atom. The van der Waals surface area contributed by atoms with Gasteiger partial charge in [0.1, 0.15) is 17.2 Å². The molecule has 0 radical (unpaired) electrons. The van der Waals surface area contributed by atoms with Crippen LogP contribution in [0.2, 0.25) is 0 Å². The van der Waals surface area contributed by atoms with Gasteiger partial charge >= 0.3 is 5.97 Å². The molecule has 5 heteroatoms. The normalized spacial score (nSPS) is 17.1. The summed E-state index contributed by atoms with van der Waals surface area (Å²) >= 11 is 0. The van der Waals surface area contributed by atoms with Crippen molar-refractivity contribution >= 4 is 22.8 Å². The number of anilines is 1. The number of benzene rings is 2. The van der Waals surface area contributed by atoms with Gasteiger partial charge in [0.05, 0.1) is 0 Å². The summed E-state index contributed by atoms with van der Waals surface area (Å²) in [6.07, 6.45) is 0.533. The zero-order chi connectivity index (χ0) is 15.1. The lowest BCUT2D eigenvalue weighted by atomic mass is 9.95. The summed E-state index contributed by atoms with van der Waals surface area (Å²) < 4.78 is 11.2. The fourth-order valence-corrected chi connectivity index (χ4v) is 2.68. The molecule has 1 aliphatic heterocycles. The molecule has 3 aromatic rings. The van der Waals surface area contributed by atoms with Crippen LogP contribution in [0.15, 0.2) is 46.9 Å². The summed E-state index contributed by atoms with van der Waals surface area (Å²) in [5.41, 5.74) is 3.32. The van der Waals surface area contributed by atoms with E-state index in [4.69, 9.17) is 9.15 Å². The van der Waals surface area contributed by atoms with E-state index >= 15 is 0 Å². The molecule has 1 aliphatic rings. The van der Waals surface area contributed by atoms with Crippen LogP contribution < -0.4 is 10.1 Å². The Morgan fingerprint density at radius 3 is 2.91 bits per heavy atom. The molecule has 0 aliphatic carbocycles. The van der Waals surface area contributed by atoms with Crippen LogP contribution in [0, 0.1) is 0 Å². The van der Waals surface area contributed by atoms with E-state index in [9.17, 15) is 4.79 Å². The van der Waals surface area contributed by atoms with Gasteiger partial charge in [-0.3, -0.25) is 4.79 Å². The number of hydrogen-bond acceptors (Lipinski definition) is 5. The zero-order valence-electron chi connectivity index (χ0n) is 12.0. The second-order valence-corrected chi connectivity index (χ2v) is 5.27. The monoisotopic (exact) mass is 294 g/mol. The number of nitrogens with one attached hydrogen (secondary N) is 1. The number of ether oxygens (including phenoxy) is 1. The van der Waals surface area contributed by atoms with E-state index in [2.05, 4.69) is 10.3 Å². The summed E-state index contributed by atoms with van der Waals surface area (Å²) in [5, 5.41) is 3.03. The van der Waals surface area contributed by atoms with E-state index in [1.807, 2.05) is 49.5 Å². The standard InChI is InChI=1S/C17H14N2O3/c1-18-11-7-6-10-8-12(17(20)22-15(10)9-11)16-19-13-4-2-3-5-14(13)21-16/h2-7,9,12,18H,8H2,1H3. The molecule has 1 unspecified atom stereocenters. The van der Waals surface area contributed by atoms with E-state index < -0.39 is 5.92 Å². The first kappa shape index (κ1) is 12.9. The second kappa shape index (κ2) is 4.87. The first-order chi connectivity index (χ1) is 10.7. The molecule has 22 heavy (non-hydrogen) atoms. The molecule has 4 rings (SSSR count). The lowest BCUT2D eigenvalue weighted by Gasteiger charge is -2.21. The van der Waals surface area contributed by atoms with Crippen molar-refractivity contribution in [1.82, 2.24) is 4.98 Å². The molecule has 1 N–H and O–H groups in total. The second-order valence-electron chi connectivity index (χ2n) is 5.27. The Balaban J connectivity index is 1.72. The number of nitrogens with zero attached hydrogens (tertiary/aromatic N) is 1. The number of carbonyl (C=O) groups is 1. The van der Waals surface area contributed by atoms with E-state index in [-0.39, 0.29) is 5.97 Å². The van der Waals surface area contributed by atoms with E-state index in [1.165, 1.54) is 0 Å². The highest BCUT2D eigenvalue weighted by Gasteiger charge is 2.33. The van der Waals surface area contributed by atoms with Crippen molar-refractivity contribution in [2.24, 2.45) is 0 Å². The molecule has 0 bridgehead atoms. The molecule has 0 saturated carbocycles. The van der Waals surface area contributed by atoms with Gasteiger partial charge in [0.15, 0.2) is 5.58 Å². The van der Waals surface area contributed by atoms with Crippen molar-refractivity contribution in [1.29, 1.82) is 0 Å². The van der Waals surface area contributed by atoms with Gasteiger partial charge in [-0.2, -0.15) is 0 Å². The van der Waals surface area contributed by atoms with Crippen LogP contribution in [-0.2, 0) is 11.2 Å². The number of fused-ring (bicyclic) bond motifs is 2. The minimum atomic E-state index is -0.500. The van der Waals surface area contributed by atoms with Crippen LogP contribution in [0.25, 0.3) is 11.1 Å². The summed E-state index contributed by atoms with van der Waals surface area (Å²) in [6.45, 7) is 0. The van der Waals surface area contributed by atoms with Crippen LogP contribution >= 0.6 is 0 Å². The maximum atomic E-state index is 12.3. The zero-order valence-corrected chi connectivity index (χ0v) is 12.0. The van der Waals surface area contributed by atoms with Gasteiger partial charge in [-0.25, -0.2) is 4.98 Å². The highest BCUT2D eigenvalue weighted by Crippen LogP contribution is 2.35. The predicted molar refractivity (Wildman–Crippen MR) is 82.1 cm³/mol. The third kappa shape index (κ3) is 2.02. The number of para-hydroxylation sites is 2. The molecule has 5 nitrogen and oxygen atoms in total. The number of carbonyl (C=O) groups excluding carboxylic acids is 1. The summed E-state index contributed by atoms with van der Waals surface area (Å²) in [6, 6.07) is 13.2. The Kier molecular flexibility index (Phi) is 2.85. The fourth-order valence-electron chi connectivity index (χ4n) is 2.68. The van der Waals surface area contributed by atoms with Gasteiger partial charge < -0.3 is 14.5 Å². The number of hydrogen-bond donors (Lipinski definition) is 1. The molecule has 1 aromatic heterocycles. The van der Waals surface area contributed by atoms with Crippen molar-refractivity contribution in [3.63, 3.8) is 0 Å². The maximum absolute atomic E-state index is 12.3.